The van der Waals surface area contributed by atoms with Crippen LogP contribution in [0.5, 0.6) is 0 Å². The summed E-state index contributed by atoms with van der Waals surface area (Å²) in [6.45, 7) is 9.01. The molecule has 0 aromatic heterocycles. The van der Waals surface area contributed by atoms with Gasteiger partial charge in [0.1, 0.15) is 20.2 Å². The van der Waals surface area contributed by atoms with Gasteiger partial charge in [0, 0.05) is 0 Å². The van der Waals surface area contributed by atoms with Gasteiger partial charge < -0.3 is 9.11 Å². The van der Waals surface area contributed by atoms with Gasteiger partial charge in [-0.05, 0) is 107 Å². The van der Waals surface area contributed by atoms with Gasteiger partial charge in [-0.25, -0.2) is 16.8 Å². The first-order valence-electron chi connectivity index (χ1n) is 31.9. The molecule has 4 aromatic carbocycles. The van der Waals surface area contributed by atoms with Crippen LogP contribution in [0.4, 0.5) is 0 Å². The molecule has 0 aliphatic heterocycles. The number of benzene rings is 4. The van der Waals surface area contributed by atoms with Crippen molar-refractivity contribution >= 4 is 90.7 Å². The first kappa shape index (κ1) is 71.9. The van der Waals surface area contributed by atoms with E-state index in [1.807, 2.05) is 48.5 Å². The van der Waals surface area contributed by atoms with Gasteiger partial charge in [0.05, 0.1) is 9.79 Å². The van der Waals surface area contributed by atoms with Crippen molar-refractivity contribution in [1.29, 1.82) is 0 Å². The minimum absolute atomic E-state index is 0. The Bertz CT molecular complexity index is 2150. The number of hydrogen-bond acceptors (Lipinski definition) is 6. The van der Waals surface area contributed by atoms with E-state index in [1.165, 1.54) is 218 Å². The largest absolute Gasteiger partial charge is 2.00 e. The van der Waals surface area contributed by atoms with Gasteiger partial charge in [-0.1, -0.05) is 307 Å². The maximum atomic E-state index is 12.3. The molecule has 0 atom stereocenters. The van der Waals surface area contributed by atoms with Crippen LogP contribution in [0.25, 0.3) is 21.5 Å². The van der Waals surface area contributed by atoms with Crippen LogP contribution in [0.15, 0.2) is 70.5 Å². The molecule has 0 saturated carbocycles. The van der Waals surface area contributed by atoms with Gasteiger partial charge in [0.25, 0.3) is 0 Å². The Morgan fingerprint density at radius 2 is 0.494 bits per heavy atom. The van der Waals surface area contributed by atoms with Crippen LogP contribution in [0.2, 0.25) is 0 Å². The molecule has 6 nitrogen and oxygen atoms in total. The van der Waals surface area contributed by atoms with Crippen molar-refractivity contribution in [3.8, 4) is 0 Å². The van der Waals surface area contributed by atoms with Crippen LogP contribution in [0.1, 0.15) is 307 Å². The fourth-order valence-corrected chi connectivity index (χ4v) is 13.2. The Morgan fingerprint density at radius 1 is 0.286 bits per heavy atom. The zero-order valence-corrected chi connectivity index (χ0v) is 55.9. The quantitative estimate of drug-likeness (QED) is 0.0247. The average molecular weight is 1230 g/mol. The molecule has 0 saturated heterocycles. The summed E-state index contributed by atoms with van der Waals surface area (Å²) in [6, 6.07) is 19.8. The Balaban J connectivity index is 0.000000520. The van der Waals surface area contributed by atoms with Crippen molar-refractivity contribution in [1.82, 2.24) is 0 Å². The Kier molecular flexibility index (Phi) is 42.3. The summed E-state index contributed by atoms with van der Waals surface area (Å²) in [5.41, 5.74) is 3.67. The van der Waals surface area contributed by atoms with Gasteiger partial charge in [0.15, 0.2) is 0 Å². The smallest absolute Gasteiger partial charge is 0.744 e. The summed E-state index contributed by atoms with van der Waals surface area (Å²) in [7, 11) is -9.07. The Hall–Kier alpha value is -1.21. The van der Waals surface area contributed by atoms with E-state index >= 15 is 0 Å². The van der Waals surface area contributed by atoms with Crippen LogP contribution < -0.4 is 0 Å². The summed E-state index contributed by atoms with van der Waals surface area (Å²) in [5.74, 6) is 0. The SMILES string of the molecule is CCCCCCCCCCCCc1ccc2ccc(CCCCCCCCCCCC)c(S(=O)(=O)[O-])c2c1.CCCCCCCCCCCCc1ccc2ccc(CCCCCCCCCCCC)c(S(=O)(=O)[O-])c2c1.[Ba+2]. The topological polar surface area (TPSA) is 114 Å². The van der Waals surface area contributed by atoms with E-state index in [0.29, 0.717) is 34.7 Å². The molecular weight excluding hydrogens is 1110 g/mol. The second-order valence-corrected chi connectivity index (χ2v) is 25.5. The van der Waals surface area contributed by atoms with E-state index < -0.39 is 20.2 Å². The molecule has 77 heavy (non-hydrogen) atoms. The molecule has 4 rings (SSSR count). The van der Waals surface area contributed by atoms with Crippen LogP contribution in [0.3, 0.4) is 0 Å². The second kappa shape index (κ2) is 45.3. The van der Waals surface area contributed by atoms with Crippen molar-refractivity contribution in [2.24, 2.45) is 0 Å². The fourth-order valence-electron chi connectivity index (χ4n) is 11.3. The number of fused-ring (bicyclic) bond motifs is 2. The normalized spacial score (nSPS) is 11.8. The summed E-state index contributed by atoms with van der Waals surface area (Å²) >= 11 is 0. The van der Waals surface area contributed by atoms with E-state index in [-0.39, 0.29) is 58.7 Å². The second-order valence-electron chi connectivity index (χ2n) is 22.9. The van der Waals surface area contributed by atoms with Gasteiger partial charge in [-0.15, -0.1) is 0 Å². The van der Waals surface area contributed by atoms with E-state index in [2.05, 4.69) is 39.8 Å². The van der Waals surface area contributed by atoms with Crippen LogP contribution in [0, 0.1) is 0 Å². The minimum Gasteiger partial charge on any atom is -0.744 e. The van der Waals surface area contributed by atoms with Crippen molar-refractivity contribution in [3.63, 3.8) is 0 Å². The summed E-state index contributed by atoms with van der Waals surface area (Å²) < 4.78 is 74.1. The van der Waals surface area contributed by atoms with E-state index in [4.69, 9.17) is 0 Å². The maximum Gasteiger partial charge on any atom is 2.00 e. The molecule has 0 heterocycles. The van der Waals surface area contributed by atoms with Crippen molar-refractivity contribution < 1.29 is 25.9 Å². The van der Waals surface area contributed by atoms with Gasteiger partial charge in [-0.3, -0.25) is 0 Å². The molecule has 0 N–H and O–H groups in total. The number of rotatable bonds is 46. The molecule has 0 aliphatic carbocycles. The molecule has 0 unspecified atom stereocenters. The van der Waals surface area contributed by atoms with Crippen LogP contribution in [-0.4, -0.2) is 74.8 Å². The molecule has 0 spiro atoms. The van der Waals surface area contributed by atoms with Gasteiger partial charge in [0.2, 0.25) is 0 Å². The zero-order chi connectivity index (χ0) is 55.0. The molecular formula is C68H110BaO6S2. The number of aryl methyl sites for hydroxylation is 4. The monoisotopic (exact) mass is 1220 g/mol. The molecule has 0 fully saturated rings. The first-order chi connectivity index (χ1) is 36.9. The Labute approximate surface area is 514 Å². The Morgan fingerprint density at radius 3 is 0.727 bits per heavy atom. The van der Waals surface area contributed by atoms with Crippen molar-refractivity contribution in [3.05, 3.63) is 82.9 Å². The maximum absolute atomic E-state index is 12.3. The standard InChI is InChI=1S/2C34H56O3S.Ba/c2*1-3-5-7-9-11-13-15-17-19-21-23-30-25-26-31-27-28-32(34(33(31)29-30)38(35,36)37)24-22-20-18-16-14-12-10-8-6-4-2;/h2*25-29H,3-24H2,1-2H3,(H,35,36,37);/q;;+2/p-2. The fraction of sp³-hybridized carbons (Fsp3) is 0.706. The van der Waals surface area contributed by atoms with Gasteiger partial charge >= 0.3 is 48.9 Å². The van der Waals surface area contributed by atoms with Crippen LogP contribution in [-0.2, 0) is 45.9 Å². The number of hydrogen-bond donors (Lipinski definition) is 0. The molecule has 0 radical (unpaired) electrons. The predicted molar refractivity (Wildman–Crippen MR) is 332 cm³/mol. The zero-order valence-electron chi connectivity index (χ0n) is 49.9. The summed E-state index contributed by atoms with van der Waals surface area (Å²) in [5, 5.41) is 2.93. The first-order valence-corrected chi connectivity index (χ1v) is 34.8. The summed E-state index contributed by atoms with van der Waals surface area (Å²) in [6.07, 6.45) is 54.0. The van der Waals surface area contributed by atoms with E-state index in [0.717, 1.165) is 73.3 Å². The minimum atomic E-state index is -4.53. The van der Waals surface area contributed by atoms with Crippen LogP contribution >= 0.6 is 0 Å². The number of unbranched alkanes of at least 4 members (excludes halogenated alkanes) is 36. The third-order valence-corrected chi connectivity index (χ3v) is 17.9. The summed E-state index contributed by atoms with van der Waals surface area (Å²) in [4.78, 5) is 0.0479. The van der Waals surface area contributed by atoms with E-state index in [1.54, 1.807) is 0 Å². The average Bonchev–Trinajstić information content (AvgIpc) is 3.39. The predicted octanol–water partition coefficient (Wildman–Crippen LogP) is 21.0. The molecule has 0 aliphatic rings. The third-order valence-electron chi connectivity index (χ3n) is 16.0. The molecule has 0 amide bonds. The van der Waals surface area contributed by atoms with Gasteiger partial charge in [-0.2, -0.15) is 0 Å². The van der Waals surface area contributed by atoms with Crippen molar-refractivity contribution in [2.75, 3.05) is 0 Å². The van der Waals surface area contributed by atoms with E-state index in [9.17, 15) is 25.9 Å². The molecule has 432 valence electrons. The molecule has 9 heteroatoms. The van der Waals surface area contributed by atoms with Crippen molar-refractivity contribution in [2.45, 2.75) is 320 Å². The third kappa shape index (κ3) is 32.3. The molecule has 4 aromatic rings. The molecule has 0 bridgehead atoms.